The summed E-state index contributed by atoms with van der Waals surface area (Å²) in [6, 6.07) is 17.8. The maximum Gasteiger partial charge on any atom is 0.181 e. The largest absolute Gasteiger partial charge is 0.290 e. The third kappa shape index (κ3) is 3.63. The van der Waals surface area contributed by atoms with E-state index < -0.39 is 0 Å². The molecule has 2 rings (SSSR count). The molecule has 2 aromatic carbocycles. The van der Waals surface area contributed by atoms with Crippen LogP contribution >= 0.6 is 0 Å². The molecule has 0 aliphatic carbocycles. The van der Waals surface area contributed by atoms with Gasteiger partial charge in [0.15, 0.2) is 5.75 Å². The third-order valence-electron chi connectivity index (χ3n) is 2.98. The van der Waals surface area contributed by atoms with Crippen molar-refractivity contribution in [1.82, 2.24) is 0 Å². The number of hydrogen-bond donors (Lipinski definition) is 0. The van der Waals surface area contributed by atoms with Crippen LogP contribution in [0.15, 0.2) is 54.6 Å². The minimum atomic E-state index is 0.173. The Bertz CT molecular complexity index is 448. The van der Waals surface area contributed by atoms with Crippen LogP contribution < -0.4 is 0 Å². The zero-order chi connectivity index (χ0) is 11.9. The number of hydrogen-bond acceptors (Lipinski definition) is 0. The van der Waals surface area contributed by atoms with Crippen LogP contribution in [0.2, 0.25) is 0 Å². The van der Waals surface area contributed by atoms with Crippen molar-refractivity contribution in [3.63, 3.8) is 0 Å². The Labute approximate surface area is 103 Å². The van der Waals surface area contributed by atoms with Gasteiger partial charge in [0.2, 0.25) is 0 Å². The van der Waals surface area contributed by atoms with E-state index in [2.05, 4.69) is 24.3 Å². The van der Waals surface area contributed by atoms with Gasteiger partial charge in [-0.05, 0) is 42.9 Å². The molecule has 0 bridgehead atoms. The van der Waals surface area contributed by atoms with E-state index in [4.69, 9.17) is 0 Å². The first-order chi connectivity index (χ1) is 8.36. The van der Waals surface area contributed by atoms with E-state index in [0.717, 1.165) is 31.2 Å². The van der Waals surface area contributed by atoms with Crippen LogP contribution in [-0.2, 0) is 17.9 Å². The van der Waals surface area contributed by atoms with E-state index in [0.29, 0.717) is 0 Å². The van der Waals surface area contributed by atoms with Crippen molar-refractivity contribution in [3.05, 3.63) is 65.7 Å². The van der Waals surface area contributed by atoms with Crippen molar-refractivity contribution in [2.24, 2.45) is 0 Å². The van der Waals surface area contributed by atoms with E-state index in [1.807, 2.05) is 18.2 Å². The second-order valence-corrected chi connectivity index (χ2v) is 4.30. The highest BCUT2D eigenvalue weighted by Crippen LogP contribution is 2.19. The van der Waals surface area contributed by atoms with Gasteiger partial charge in [0, 0.05) is 0 Å². The molecule has 0 heterocycles. The summed E-state index contributed by atoms with van der Waals surface area (Å²) in [5.41, 5.74) is 2.32. The van der Waals surface area contributed by atoms with Gasteiger partial charge in [-0.15, -0.1) is 0 Å². The fourth-order valence-electron chi connectivity index (χ4n) is 2.00. The molecule has 0 saturated carbocycles. The molecular weight excluding hydrogens is 208 g/mol. The summed E-state index contributed by atoms with van der Waals surface area (Å²) >= 11 is 0. The Morgan fingerprint density at radius 3 is 2.12 bits per heavy atom. The summed E-state index contributed by atoms with van der Waals surface area (Å²) in [6.07, 6.45) is 4.21. The molecule has 17 heavy (non-hydrogen) atoms. The van der Waals surface area contributed by atoms with Crippen molar-refractivity contribution in [3.8, 4) is 5.75 Å². The number of rotatable bonds is 5. The maximum absolute atomic E-state index is 11.5. The molecule has 0 saturated heterocycles. The Morgan fingerprint density at radius 1 is 0.706 bits per heavy atom. The van der Waals surface area contributed by atoms with Gasteiger partial charge in [-0.2, -0.15) is 0 Å². The Hall–Kier alpha value is -1.76. The fraction of sp³-hybridized carbons (Fsp3) is 0.250. The molecule has 0 fully saturated rings. The molecule has 0 spiro atoms. The van der Waals surface area contributed by atoms with E-state index in [9.17, 15) is 5.11 Å². The summed E-state index contributed by atoms with van der Waals surface area (Å²) in [5, 5.41) is 11.5. The van der Waals surface area contributed by atoms with Crippen molar-refractivity contribution >= 4 is 0 Å². The molecule has 0 aliphatic rings. The van der Waals surface area contributed by atoms with Gasteiger partial charge in [0.1, 0.15) is 0 Å². The minimum Gasteiger partial charge on any atom is -0.290 e. The van der Waals surface area contributed by atoms with Crippen LogP contribution in [0.1, 0.15) is 24.0 Å². The number of aryl methyl sites for hydroxylation is 2. The SMILES string of the molecule is [O]c1ccccc1CCCCc1ccccc1. The number of para-hydroxylation sites is 1. The molecule has 1 radical (unpaired) electrons. The summed E-state index contributed by atoms with van der Waals surface area (Å²) in [7, 11) is 0. The molecule has 0 atom stereocenters. The summed E-state index contributed by atoms with van der Waals surface area (Å²) in [6.45, 7) is 0. The van der Waals surface area contributed by atoms with Crippen LogP contribution in [0.4, 0.5) is 0 Å². The van der Waals surface area contributed by atoms with Crippen LogP contribution in [-0.4, -0.2) is 0 Å². The highest BCUT2D eigenvalue weighted by Gasteiger charge is 2.01. The van der Waals surface area contributed by atoms with Crippen molar-refractivity contribution in [2.75, 3.05) is 0 Å². The first-order valence-electron chi connectivity index (χ1n) is 6.15. The first-order valence-corrected chi connectivity index (χ1v) is 6.15. The number of unbranched alkanes of at least 4 members (excludes halogenated alkanes) is 1. The minimum absolute atomic E-state index is 0.173. The Morgan fingerprint density at radius 2 is 1.35 bits per heavy atom. The summed E-state index contributed by atoms with van der Waals surface area (Å²) < 4.78 is 0. The molecule has 0 amide bonds. The molecule has 1 heteroatoms. The average molecular weight is 225 g/mol. The third-order valence-corrected chi connectivity index (χ3v) is 2.98. The topological polar surface area (TPSA) is 19.9 Å². The van der Waals surface area contributed by atoms with Crippen molar-refractivity contribution < 1.29 is 5.11 Å². The van der Waals surface area contributed by atoms with Crippen LogP contribution in [0.25, 0.3) is 0 Å². The lowest BCUT2D eigenvalue weighted by Gasteiger charge is -2.03. The molecule has 87 valence electrons. The average Bonchev–Trinajstić information content (AvgIpc) is 2.38. The summed E-state index contributed by atoms with van der Waals surface area (Å²) in [5.74, 6) is 0.173. The summed E-state index contributed by atoms with van der Waals surface area (Å²) in [4.78, 5) is 0. The smallest absolute Gasteiger partial charge is 0.181 e. The first kappa shape index (κ1) is 11.7. The lowest BCUT2D eigenvalue weighted by molar-refractivity contribution is 0.349. The van der Waals surface area contributed by atoms with E-state index in [-0.39, 0.29) is 5.75 Å². The predicted octanol–water partition coefficient (Wildman–Crippen LogP) is 4.40. The zero-order valence-electron chi connectivity index (χ0n) is 9.93. The molecule has 0 aliphatic heterocycles. The lowest BCUT2D eigenvalue weighted by atomic mass is 10.0. The van der Waals surface area contributed by atoms with Crippen molar-refractivity contribution in [2.45, 2.75) is 25.7 Å². The van der Waals surface area contributed by atoms with Gasteiger partial charge in [0.05, 0.1) is 0 Å². The standard InChI is InChI=1S/C16H17O/c17-16-13-7-6-12-15(16)11-5-4-10-14-8-2-1-3-9-14/h1-3,6-9,12-13H,4-5,10-11H2. The number of benzene rings is 2. The van der Waals surface area contributed by atoms with E-state index in [1.165, 1.54) is 5.56 Å². The highest BCUT2D eigenvalue weighted by molar-refractivity contribution is 5.31. The van der Waals surface area contributed by atoms with Gasteiger partial charge in [-0.1, -0.05) is 48.5 Å². The monoisotopic (exact) mass is 225 g/mol. The molecule has 1 nitrogen and oxygen atoms in total. The predicted molar refractivity (Wildman–Crippen MR) is 69.7 cm³/mol. The van der Waals surface area contributed by atoms with Gasteiger partial charge < -0.3 is 0 Å². The highest BCUT2D eigenvalue weighted by atomic mass is 16.3. The molecule has 0 aromatic heterocycles. The maximum atomic E-state index is 11.5. The van der Waals surface area contributed by atoms with E-state index in [1.54, 1.807) is 12.1 Å². The second-order valence-electron chi connectivity index (χ2n) is 4.30. The van der Waals surface area contributed by atoms with E-state index >= 15 is 0 Å². The van der Waals surface area contributed by atoms with Crippen LogP contribution in [0, 0.1) is 0 Å². The quantitative estimate of drug-likeness (QED) is 0.672. The van der Waals surface area contributed by atoms with Gasteiger partial charge in [-0.3, -0.25) is 5.11 Å². The fourth-order valence-corrected chi connectivity index (χ4v) is 2.00. The normalized spacial score (nSPS) is 10.4. The van der Waals surface area contributed by atoms with Crippen LogP contribution in [0.3, 0.4) is 0 Å². The lowest BCUT2D eigenvalue weighted by Crippen LogP contribution is -1.89. The molecular formula is C16H17O. The zero-order valence-corrected chi connectivity index (χ0v) is 9.93. The van der Waals surface area contributed by atoms with Crippen LogP contribution in [0.5, 0.6) is 5.75 Å². The molecule has 2 aromatic rings. The second kappa shape index (κ2) is 6.09. The van der Waals surface area contributed by atoms with Gasteiger partial charge in [-0.25, -0.2) is 0 Å². The Balaban J connectivity index is 1.76. The molecule has 0 N–H and O–H groups in total. The molecule has 0 unspecified atom stereocenters. The Kier molecular flexibility index (Phi) is 4.20. The van der Waals surface area contributed by atoms with Crippen molar-refractivity contribution in [1.29, 1.82) is 0 Å². The van der Waals surface area contributed by atoms with Gasteiger partial charge in [0.25, 0.3) is 0 Å². The van der Waals surface area contributed by atoms with Gasteiger partial charge >= 0.3 is 0 Å².